The van der Waals surface area contributed by atoms with Crippen LogP contribution in [-0.2, 0) is 11.3 Å². The molecule has 1 unspecified atom stereocenters. The molecule has 2 fully saturated rings. The van der Waals surface area contributed by atoms with Crippen molar-refractivity contribution < 1.29 is 31.0 Å². The number of thiophene rings is 1. The molecule has 0 aliphatic carbocycles. The smallest absolute Gasteiger partial charge is 0.414 e. The monoisotopic (exact) mass is 450 g/mol. The maximum Gasteiger partial charge on any atom is 0.414 e. The van der Waals surface area contributed by atoms with E-state index in [-0.39, 0.29) is 29.2 Å². The Morgan fingerprint density at radius 3 is 2.41 bits per heavy atom. The normalized spacial score (nSPS) is 25.5. The van der Waals surface area contributed by atoms with E-state index in [2.05, 4.69) is 25.5 Å². The first-order valence-corrected chi connectivity index (χ1v) is 10.4. The predicted molar refractivity (Wildman–Crippen MR) is 105 cm³/mol. The van der Waals surface area contributed by atoms with Crippen molar-refractivity contribution in [1.82, 2.24) is 0 Å². The summed E-state index contributed by atoms with van der Waals surface area (Å²) >= 11 is 1.65. The molecular weight excluding hydrogens is 424 g/mol. The van der Waals surface area contributed by atoms with E-state index in [1.54, 1.807) is 16.2 Å². The molecule has 2 aliphatic heterocycles. The Morgan fingerprint density at radius 2 is 1.81 bits per heavy atom. The van der Waals surface area contributed by atoms with Crippen LogP contribution in [0.3, 0.4) is 0 Å². The molecule has 6 heteroatoms. The van der Waals surface area contributed by atoms with Gasteiger partial charge in [0.05, 0.1) is 32.7 Å². The summed E-state index contributed by atoms with van der Waals surface area (Å²) in [6.07, 6.45) is 4.29. The third-order valence-electron chi connectivity index (χ3n) is 6.26. The van der Waals surface area contributed by atoms with Gasteiger partial charge in [-0.05, 0) is 34.5 Å². The first-order valence-electron chi connectivity index (χ1n) is 9.41. The van der Waals surface area contributed by atoms with Gasteiger partial charge in [0.15, 0.2) is 0 Å². The molecule has 2 aliphatic rings. The fourth-order valence-corrected chi connectivity index (χ4v) is 5.23. The van der Waals surface area contributed by atoms with Crippen molar-refractivity contribution in [2.24, 2.45) is 0 Å². The number of hydrogen-bond donors (Lipinski definition) is 0. The summed E-state index contributed by atoms with van der Waals surface area (Å²) in [7, 11) is 4.65. The van der Waals surface area contributed by atoms with E-state index in [0.717, 1.165) is 28.6 Å². The summed E-state index contributed by atoms with van der Waals surface area (Å²) in [5, 5.41) is 4.13. The summed E-state index contributed by atoms with van der Waals surface area (Å²) in [6.45, 7) is 0.549. The molecule has 1 amide bonds. The molecule has 4 rings (SSSR count). The molecule has 2 bridgehead atoms. The number of piperidine rings is 1. The van der Waals surface area contributed by atoms with Crippen molar-refractivity contribution in [3.63, 3.8) is 0 Å². The van der Waals surface area contributed by atoms with Crippen LogP contribution in [0.25, 0.3) is 0 Å². The van der Waals surface area contributed by atoms with Crippen LogP contribution >= 0.6 is 11.3 Å². The molecule has 2 saturated heterocycles. The Bertz CT molecular complexity index is 735. The van der Waals surface area contributed by atoms with Crippen molar-refractivity contribution in [2.75, 3.05) is 19.0 Å². The standard InChI is InChI=1S/C21H27N2O2S.BrH/c1-23(2)18-8-9-19(23)13-20(12-18)25-21(24)22(14-16-10-11-26-15-16)17-6-4-3-5-7-17;/h3-7,10-11,15,18-20H,8-9,12-14H2,1-2H3;1H/q+1;/p-1/t18-,19+,20?;. The van der Waals surface area contributed by atoms with E-state index in [1.807, 2.05) is 35.7 Å². The molecule has 2 aromatic rings. The van der Waals surface area contributed by atoms with Crippen molar-refractivity contribution in [1.29, 1.82) is 0 Å². The van der Waals surface area contributed by atoms with Crippen LogP contribution in [0.4, 0.5) is 10.5 Å². The van der Waals surface area contributed by atoms with Crippen LogP contribution in [0.15, 0.2) is 47.2 Å². The molecule has 27 heavy (non-hydrogen) atoms. The molecule has 0 N–H and O–H groups in total. The minimum atomic E-state index is -0.223. The minimum absolute atomic E-state index is 0. The molecular formula is C21H27BrN2O2S. The van der Waals surface area contributed by atoms with Crippen LogP contribution in [0.1, 0.15) is 31.2 Å². The third-order valence-corrected chi connectivity index (χ3v) is 6.99. The lowest BCUT2D eigenvalue weighted by molar-refractivity contribution is -0.931. The van der Waals surface area contributed by atoms with Crippen LogP contribution in [-0.4, -0.2) is 42.9 Å². The zero-order valence-electron chi connectivity index (χ0n) is 15.9. The molecule has 0 spiro atoms. The van der Waals surface area contributed by atoms with Gasteiger partial charge in [-0.1, -0.05) is 18.2 Å². The van der Waals surface area contributed by atoms with E-state index in [9.17, 15) is 4.79 Å². The Morgan fingerprint density at radius 1 is 1.15 bits per heavy atom. The number of carbonyl (C=O) groups is 1. The second kappa shape index (κ2) is 8.33. The maximum absolute atomic E-state index is 13.0. The predicted octanol–water partition coefficient (Wildman–Crippen LogP) is 1.67. The second-order valence-electron chi connectivity index (χ2n) is 8.04. The van der Waals surface area contributed by atoms with Gasteiger partial charge in [0, 0.05) is 31.4 Å². The summed E-state index contributed by atoms with van der Waals surface area (Å²) in [4.78, 5) is 14.8. The lowest BCUT2D eigenvalue weighted by Gasteiger charge is -2.44. The zero-order chi connectivity index (χ0) is 18.1. The van der Waals surface area contributed by atoms with Crippen molar-refractivity contribution >= 4 is 23.1 Å². The maximum atomic E-state index is 13.0. The number of benzene rings is 1. The molecule has 146 valence electrons. The van der Waals surface area contributed by atoms with Gasteiger partial charge >= 0.3 is 6.09 Å². The van der Waals surface area contributed by atoms with E-state index >= 15 is 0 Å². The molecule has 0 saturated carbocycles. The van der Waals surface area contributed by atoms with E-state index < -0.39 is 0 Å². The molecule has 4 nitrogen and oxygen atoms in total. The molecule has 3 heterocycles. The number of amides is 1. The fraction of sp³-hybridized carbons (Fsp3) is 0.476. The van der Waals surface area contributed by atoms with Crippen molar-refractivity contribution in [2.45, 2.75) is 50.4 Å². The highest BCUT2D eigenvalue weighted by Crippen LogP contribution is 2.40. The van der Waals surface area contributed by atoms with Crippen LogP contribution in [0.2, 0.25) is 0 Å². The number of halogens is 1. The van der Waals surface area contributed by atoms with Crippen LogP contribution in [0, 0.1) is 0 Å². The Labute approximate surface area is 176 Å². The van der Waals surface area contributed by atoms with Gasteiger partial charge < -0.3 is 26.2 Å². The number of fused-ring (bicyclic) bond motifs is 2. The topological polar surface area (TPSA) is 29.5 Å². The second-order valence-corrected chi connectivity index (χ2v) is 8.82. The lowest BCUT2D eigenvalue weighted by atomic mass is 9.98. The SMILES string of the molecule is C[N+]1(C)[C@@H]2CC[C@H]1CC(OC(=O)N(Cc1ccsc1)c1ccccc1)C2.[Br-]. The highest BCUT2D eigenvalue weighted by atomic mass is 79.9. The molecule has 3 atom stereocenters. The molecule has 1 aromatic carbocycles. The van der Waals surface area contributed by atoms with E-state index in [4.69, 9.17) is 4.74 Å². The van der Waals surface area contributed by atoms with E-state index in [1.165, 1.54) is 12.8 Å². The lowest BCUT2D eigenvalue weighted by Crippen LogP contribution is -3.00. The van der Waals surface area contributed by atoms with Gasteiger partial charge in [-0.25, -0.2) is 4.79 Å². The van der Waals surface area contributed by atoms with Crippen LogP contribution < -0.4 is 21.9 Å². The number of hydrogen-bond acceptors (Lipinski definition) is 3. The molecule has 1 aromatic heterocycles. The third kappa shape index (κ3) is 4.23. The average Bonchev–Trinajstić information content (AvgIpc) is 3.16. The summed E-state index contributed by atoms with van der Waals surface area (Å²) in [6, 6.07) is 13.1. The highest BCUT2D eigenvalue weighted by Gasteiger charge is 2.50. The molecule has 0 radical (unpaired) electrons. The van der Waals surface area contributed by atoms with Gasteiger partial charge in [-0.3, -0.25) is 4.90 Å². The number of anilines is 1. The quantitative estimate of drug-likeness (QED) is 0.662. The number of rotatable bonds is 4. The first kappa shape index (κ1) is 20.4. The Hall–Kier alpha value is -1.37. The summed E-state index contributed by atoms with van der Waals surface area (Å²) in [5.41, 5.74) is 2.02. The van der Waals surface area contributed by atoms with Crippen molar-refractivity contribution in [3.8, 4) is 0 Å². The number of carbonyl (C=O) groups excluding carboxylic acids is 1. The van der Waals surface area contributed by atoms with Gasteiger partial charge in [-0.2, -0.15) is 11.3 Å². The fourth-order valence-electron chi connectivity index (χ4n) is 4.57. The Balaban J connectivity index is 0.00000210. The average molecular weight is 451 g/mol. The number of nitrogens with zero attached hydrogens (tertiary/aromatic N) is 2. The van der Waals surface area contributed by atoms with Gasteiger partial charge in [-0.15, -0.1) is 0 Å². The summed E-state index contributed by atoms with van der Waals surface area (Å²) in [5.74, 6) is 0. The zero-order valence-corrected chi connectivity index (χ0v) is 18.3. The van der Waals surface area contributed by atoms with Crippen molar-refractivity contribution in [3.05, 3.63) is 52.7 Å². The van der Waals surface area contributed by atoms with E-state index in [0.29, 0.717) is 18.6 Å². The number of para-hydroxylation sites is 1. The first-order chi connectivity index (χ1) is 12.5. The van der Waals surface area contributed by atoms with Gasteiger partial charge in [0.2, 0.25) is 0 Å². The summed E-state index contributed by atoms with van der Waals surface area (Å²) < 4.78 is 7.10. The van der Waals surface area contributed by atoms with Gasteiger partial charge in [0.1, 0.15) is 6.10 Å². The highest BCUT2D eigenvalue weighted by molar-refractivity contribution is 7.07. The van der Waals surface area contributed by atoms with Gasteiger partial charge in [0.25, 0.3) is 0 Å². The number of quaternary nitrogens is 1. The Kier molecular flexibility index (Phi) is 6.28. The van der Waals surface area contributed by atoms with Crippen LogP contribution in [0.5, 0.6) is 0 Å². The minimum Gasteiger partial charge on any atom is -1.00 e. The largest absolute Gasteiger partial charge is 1.00 e. The number of ether oxygens (including phenoxy) is 1.